The molecule has 39 heavy (non-hydrogen) atoms. The first-order valence-electron chi connectivity index (χ1n) is 12.9. The van der Waals surface area contributed by atoms with Crippen LogP contribution < -0.4 is 10.1 Å². The molecule has 12 heteroatoms. The van der Waals surface area contributed by atoms with Gasteiger partial charge in [0.15, 0.2) is 5.78 Å². The molecule has 3 atom stereocenters. The van der Waals surface area contributed by atoms with Gasteiger partial charge >= 0.3 is 6.09 Å². The van der Waals surface area contributed by atoms with E-state index in [1.165, 1.54) is 15.4 Å². The summed E-state index contributed by atoms with van der Waals surface area (Å²) < 4.78 is 38.6. The van der Waals surface area contributed by atoms with Gasteiger partial charge in [-0.3, -0.25) is 14.6 Å². The van der Waals surface area contributed by atoms with E-state index < -0.39 is 40.1 Å². The van der Waals surface area contributed by atoms with Crippen molar-refractivity contribution in [2.45, 2.75) is 57.0 Å². The van der Waals surface area contributed by atoms with E-state index in [-0.39, 0.29) is 30.6 Å². The Labute approximate surface area is 226 Å². The SMILES string of the molecule is CCCC(NC(=O)Oc1oc2ccccc2c1C)C(=O)N1CCC2C1C(=O)CN2S(=O)(=O)Cc1ccccn1. The predicted molar refractivity (Wildman–Crippen MR) is 141 cm³/mol. The van der Waals surface area contributed by atoms with Gasteiger partial charge in [-0.15, -0.1) is 0 Å². The van der Waals surface area contributed by atoms with E-state index in [2.05, 4.69) is 10.3 Å². The summed E-state index contributed by atoms with van der Waals surface area (Å²) in [6.45, 7) is 3.55. The second-order valence-electron chi connectivity index (χ2n) is 9.81. The van der Waals surface area contributed by atoms with Gasteiger partial charge in [0, 0.05) is 23.7 Å². The van der Waals surface area contributed by atoms with Crippen molar-refractivity contribution >= 4 is 38.8 Å². The number of ether oxygens (including phenoxy) is 1. The third-order valence-electron chi connectivity index (χ3n) is 7.23. The number of hydrogen-bond acceptors (Lipinski definition) is 8. The molecule has 2 aliphatic rings. The van der Waals surface area contributed by atoms with Gasteiger partial charge in [-0.1, -0.05) is 37.6 Å². The fraction of sp³-hybridized carbons (Fsp3) is 0.407. The minimum Gasteiger partial charge on any atom is -0.425 e. The quantitative estimate of drug-likeness (QED) is 0.449. The van der Waals surface area contributed by atoms with Gasteiger partial charge in [0.25, 0.3) is 5.95 Å². The van der Waals surface area contributed by atoms with Crippen LogP contribution >= 0.6 is 0 Å². The number of nitrogens with one attached hydrogen (secondary N) is 1. The van der Waals surface area contributed by atoms with Crippen LogP contribution in [0.2, 0.25) is 0 Å². The molecule has 3 aromatic rings. The zero-order valence-corrected chi connectivity index (χ0v) is 22.5. The van der Waals surface area contributed by atoms with Crippen molar-refractivity contribution in [3.63, 3.8) is 0 Å². The molecule has 2 aliphatic heterocycles. The van der Waals surface area contributed by atoms with Crippen molar-refractivity contribution in [3.05, 3.63) is 59.9 Å². The maximum Gasteiger partial charge on any atom is 0.415 e. The number of Topliss-reactive ketones (excluding diaryl/α,β-unsaturated/α-hetero) is 1. The number of pyridine rings is 1. The number of carbonyl (C=O) groups is 3. The Bertz CT molecular complexity index is 1500. The van der Waals surface area contributed by atoms with Crippen molar-refractivity contribution in [3.8, 4) is 5.95 Å². The predicted octanol–water partition coefficient (Wildman–Crippen LogP) is 2.78. The molecule has 206 valence electrons. The summed E-state index contributed by atoms with van der Waals surface area (Å²) in [4.78, 5) is 44.8. The van der Waals surface area contributed by atoms with Gasteiger partial charge in [-0.2, -0.15) is 4.31 Å². The number of ketones is 1. The molecule has 5 rings (SSSR count). The topological polar surface area (TPSA) is 139 Å². The van der Waals surface area contributed by atoms with Crippen LogP contribution in [0.1, 0.15) is 37.4 Å². The summed E-state index contributed by atoms with van der Waals surface area (Å²) in [6.07, 6.45) is 1.89. The molecule has 0 radical (unpaired) electrons. The summed E-state index contributed by atoms with van der Waals surface area (Å²) >= 11 is 0. The number of carbonyl (C=O) groups excluding carboxylic acids is 3. The van der Waals surface area contributed by atoms with Crippen LogP contribution in [0.3, 0.4) is 0 Å². The van der Waals surface area contributed by atoms with Crippen molar-refractivity contribution < 1.29 is 32.0 Å². The van der Waals surface area contributed by atoms with Gasteiger partial charge in [-0.05, 0) is 38.0 Å². The van der Waals surface area contributed by atoms with Crippen LogP contribution in [0.15, 0.2) is 53.1 Å². The van der Waals surface area contributed by atoms with Crippen molar-refractivity contribution in [2.75, 3.05) is 13.1 Å². The van der Waals surface area contributed by atoms with E-state index in [4.69, 9.17) is 9.15 Å². The van der Waals surface area contributed by atoms with E-state index in [1.807, 2.05) is 25.1 Å². The summed E-state index contributed by atoms with van der Waals surface area (Å²) in [5.41, 5.74) is 1.61. The van der Waals surface area contributed by atoms with E-state index in [1.54, 1.807) is 31.2 Å². The van der Waals surface area contributed by atoms with E-state index in [0.717, 1.165) is 5.39 Å². The molecule has 1 aromatic carbocycles. The maximum atomic E-state index is 13.6. The van der Waals surface area contributed by atoms with Crippen molar-refractivity contribution in [1.82, 2.24) is 19.5 Å². The lowest BCUT2D eigenvalue weighted by Crippen LogP contribution is -2.53. The van der Waals surface area contributed by atoms with Crippen LogP contribution in [0.5, 0.6) is 5.95 Å². The van der Waals surface area contributed by atoms with Gasteiger partial charge in [0.1, 0.15) is 23.4 Å². The summed E-state index contributed by atoms with van der Waals surface area (Å²) in [5.74, 6) is -1.07. The molecule has 1 N–H and O–H groups in total. The number of hydrogen-bond donors (Lipinski definition) is 1. The fourth-order valence-corrected chi connectivity index (χ4v) is 7.05. The van der Waals surface area contributed by atoms with Crippen LogP contribution in [0, 0.1) is 6.92 Å². The molecule has 2 amide bonds. The van der Waals surface area contributed by atoms with Gasteiger partial charge in [-0.25, -0.2) is 13.2 Å². The number of likely N-dealkylation sites (tertiary alicyclic amines) is 1. The molecule has 2 saturated heterocycles. The molecule has 0 aliphatic carbocycles. The standard InChI is InChI=1S/C27H30N4O7S/c1-3-8-20(29-27(34)38-26-17(2)19-10-4-5-11-23(19)37-26)25(33)30-14-12-21-24(30)22(32)15-31(21)39(35,36)16-18-9-6-7-13-28-18/h4-7,9-11,13,20-21,24H,3,8,12,14-16H2,1-2H3,(H,29,34). The maximum absolute atomic E-state index is 13.6. The Balaban J connectivity index is 1.28. The molecule has 2 aromatic heterocycles. The van der Waals surface area contributed by atoms with Gasteiger partial charge in [0.2, 0.25) is 15.9 Å². The zero-order valence-electron chi connectivity index (χ0n) is 21.7. The first kappa shape index (κ1) is 26.8. The van der Waals surface area contributed by atoms with Crippen molar-refractivity contribution in [2.24, 2.45) is 0 Å². The van der Waals surface area contributed by atoms with E-state index in [0.29, 0.717) is 36.1 Å². The lowest BCUT2D eigenvalue weighted by Gasteiger charge is -2.28. The Kier molecular flexibility index (Phi) is 7.41. The number of benzene rings is 1. The first-order valence-corrected chi connectivity index (χ1v) is 14.5. The van der Waals surface area contributed by atoms with E-state index >= 15 is 0 Å². The molecule has 0 spiro atoms. The second-order valence-corrected chi connectivity index (χ2v) is 11.7. The average Bonchev–Trinajstić information content (AvgIpc) is 3.58. The average molecular weight is 555 g/mol. The van der Waals surface area contributed by atoms with Gasteiger partial charge in [0.05, 0.1) is 18.3 Å². The van der Waals surface area contributed by atoms with Crippen LogP contribution in [-0.4, -0.2) is 71.6 Å². The summed E-state index contributed by atoms with van der Waals surface area (Å²) in [6, 6.07) is 9.79. The highest BCUT2D eigenvalue weighted by Crippen LogP contribution is 2.34. The minimum absolute atomic E-state index is 0.0392. The summed E-state index contributed by atoms with van der Waals surface area (Å²) in [5, 5.41) is 3.43. The zero-order chi connectivity index (χ0) is 27.7. The first-order chi connectivity index (χ1) is 18.7. The monoisotopic (exact) mass is 554 g/mol. The number of furan rings is 1. The molecule has 0 bridgehead atoms. The number of para-hydroxylation sites is 1. The highest BCUT2D eigenvalue weighted by atomic mass is 32.2. The van der Waals surface area contributed by atoms with E-state index in [9.17, 15) is 22.8 Å². The lowest BCUT2D eigenvalue weighted by atomic mass is 10.1. The number of aromatic nitrogens is 1. The Morgan fingerprint density at radius 2 is 1.97 bits per heavy atom. The normalized spacial score (nSPS) is 20.3. The Morgan fingerprint density at radius 1 is 1.21 bits per heavy atom. The van der Waals surface area contributed by atoms with Gasteiger partial charge < -0.3 is 19.4 Å². The molecule has 2 fully saturated rings. The summed E-state index contributed by atoms with van der Waals surface area (Å²) in [7, 11) is -3.84. The molecule has 4 heterocycles. The third kappa shape index (κ3) is 5.26. The Hall–Kier alpha value is -3.77. The number of rotatable bonds is 8. The lowest BCUT2D eigenvalue weighted by molar-refractivity contribution is -0.138. The number of sulfonamides is 1. The fourth-order valence-electron chi connectivity index (χ4n) is 5.39. The molecule has 11 nitrogen and oxygen atoms in total. The number of amides is 2. The molecular weight excluding hydrogens is 524 g/mol. The largest absolute Gasteiger partial charge is 0.425 e. The molecule has 3 unspecified atom stereocenters. The second kappa shape index (κ2) is 10.8. The highest BCUT2D eigenvalue weighted by Gasteiger charge is 2.54. The van der Waals surface area contributed by atoms with Crippen molar-refractivity contribution in [1.29, 1.82) is 0 Å². The minimum atomic E-state index is -3.84. The third-order valence-corrected chi connectivity index (χ3v) is 9.00. The smallest absolute Gasteiger partial charge is 0.415 e. The molecule has 0 saturated carbocycles. The number of nitrogens with zero attached hydrogens (tertiary/aromatic N) is 3. The van der Waals surface area contributed by atoms with Crippen LogP contribution in [0.25, 0.3) is 11.0 Å². The van der Waals surface area contributed by atoms with Crippen LogP contribution in [-0.2, 0) is 25.4 Å². The molecular formula is C27H30N4O7S. The number of fused-ring (bicyclic) bond motifs is 2. The van der Waals surface area contributed by atoms with Crippen LogP contribution in [0.4, 0.5) is 4.79 Å². The highest BCUT2D eigenvalue weighted by molar-refractivity contribution is 7.88. The Morgan fingerprint density at radius 3 is 2.69 bits per heavy atom. The number of aryl methyl sites for hydroxylation is 1.